The van der Waals surface area contributed by atoms with E-state index in [9.17, 15) is 9.59 Å². The van der Waals surface area contributed by atoms with Gasteiger partial charge in [-0.25, -0.2) is 0 Å². The third kappa shape index (κ3) is 10.4. The van der Waals surface area contributed by atoms with Gasteiger partial charge in [-0.2, -0.15) is 0 Å². The van der Waals surface area contributed by atoms with Gasteiger partial charge in [0.1, 0.15) is 24.7 Å². The highest BCUT2D eigenvalue weighted by atomic mass is 16.6. The van der Waals surface area contributed by atoms with Crippen LogP contribution in [0.25, 0.3) is 21.5 Å². The molecule has 44 heavy (non-hydrogen) atoms. The number of hydrogen-bond acceptors (Lipinski definition) is 8. The summed E-state index contributed by atoms with van der Waals surface area (Å²) >= 11 is 0. The van der Waals surface area contributed by atoms with Crippen LogP contribution >= 0.6 is 0 Å². The Morgan fingerprint density at radius 3 is 1.36 bits per heavy atom. The number of hydrogen-bond donors (Lipinski definition) is 0. The molecule has 3 aromatic rings. The minimum absolute atomic E-state index is 0.147. The summed E-state index contributed by atoms with van der Waals surface area (Å²) in [7, 11) is 0. The lowest BCUT2D eigenvalue weighted by molar-refractivity contribution is -0.154. The lowest BCUT2D eigenvalue weighted by Gasteiger charge is -2.23. The van der Waals surface area contributed by atoms with Gasteiger partial charge in [0.05, 0.1) is 13.2 Å². The Morgan fingerprint density at radius 2 is 1.00 bits per heavy atom. The summed E-state index contributed by atoms with van der Waals surface area (Å²) in [6.45, 7) is 13.8. The maximum Gasteiger partial charge on any atom is 0.305 e. The van der Waals surface area contributed by atoms with E-state index < -0.39 is 12.2 Å². The zero-order chi connectivity index (χ0) is 31.9. The predicted octanol–water partition coefficient (Wildman–Crippen LogP) is 7.64. The van der Waals surface area contributed by atoms with Crippen molar-refractivity contribution in [3.8, 4) is 11.5 Å². The molecule has 0 N–H and O–H groups in total. The number of unbranched alkanes of at least 4 members (excludes halogenated alkanes) is 2. The second-order valence-corrected chi connectivity index (χ2v) is 11.2. The van der Waals surface area contributed by atoms with Crippen molar-refractivity contribution in [2.75, 3.05) is 39.6 Å². The predicted molar refractivity (Wildman–Crippen MR) is 174 cm³/mol. The average molecular weight is 611 g/mol. The van der Waals surface area contributed by atoms with Crippen molar-refractivity contribution in [2.24, 2.45) is 0 Å². The van der Waals surface area contributed by atoms with E-state index in [-0.39, 0.29) is 51.2 Å². The molecule has 2 atom stereocenters. The Morgan fingerprint density at radius 1 is 0.591 bits per heavy atom. The third-order valence-corrected chi connectivity index (χ3v) is 7.22. The van der Waals surface area contributed by atoms with Gasteiger partial charge in [-0.05, 0) is 38.8 Å². The SMILES string of the molecule is CCCCOCC(COc1c2ccc(C)cc2c(OCC(COCCCC)OC(=O)CC)c2ccc(C)cc12)OC(=O)CC. The van der Waals surface area contributed by atoms with Crippen molar-refractivity contribution in [3.05, 3.63) is 47.5 Å². The smallest absolute Gasteiger partial charge is 0.305 e. The van der Waals surface area contributed by atoms with Gasteiger partial charge < -0.3 is 28.4 Å². The molecule has 0 fully saturated rings. The van der Waals surface area contributed by atoms with Crippen molar-refractivity contribution in [2.45, 2.75) is 92.3 Å². The van der Waals surface area contributed by atoms with Crippen molar-refractivity contribution in [1.82, 2.24) is 0 Å². The van der Waals surface area contributed by atoms with Crippen LogP contribution in [0, 0.1) is 13.8 Å². The van der Waals surface area contributed by atoms with E-state index in [0.29, 0.717) is 24.7 Å². The molecule has 2 unspecified atom stereocenters. The molecular weight excluding hydrogens is 560 g/mol. The maximum atomic E-state index is 12.2. The number of rotatable bonds is 20. The molecule has 3 rings (SSSR count). The van der Waals surface area contributed by atoms with Crippen LogP contribution in [-0.2, 0) is 28.5 Å². The molecule has 242 valence electrons. The number of aryl methyl sites for hydroxylation is 2. The first kappa shape index (κ1) is 35.1. The molecule has 0 aliphatic heterocycles. The molecule has 0 amide bonds. The standard InChI is InChI=1S/C36H50O8/c1-7-11-17-39-21-27(43-33(37)9-3)23-41-35-29-15-13-26(6)20-32(29)36(30-16-14-25(5)19-31(30)35)42-24-28(44-34(38)10-4)22-40-18-12-8-2/h13-16,19-20,27-28H,7-12,17-18,21-24H2,1-6H3. The highest BCUT2D eigenvalue weighted by molar-refractivity contribution is 6.11. The molecule has 0 aromatic heterocycles. The van der Waals surface area contributed by atoms with Crippen molar-refractivity contribution in [1.29, 1.82) is 0 Å². The summed E-state index contributed by atoms with van der Waals surface area (Å²) < 4.78 is 36.0. The Kier molecular flexibility index (Phi) is 14.7. The highest BCUT2D eigenvalue weighted by Gasteiger charge is 2.22. The fraction of sp³-hybridized carbons (Fsp3) is 0.556. The number of esters is 2. The molecule has 0 heterocycles. The molecular formula is C36H50O8. The van der Waals surface area contributed by atoms with Crippen LogP contribution in [0.3, 0.4) is 0 Å². The molecule has 0 saturated carbocycles. The summed E-state index contributed by atoms with van der Waals surface area (Å²) in [6.07, 6.45) is 3.39. The summed E-state index contributed by atoms with van der Waals surface area (Å²) in [5.74, 6) is 0.794. The topological polar surface area (TPSA) is 89.5 Å². The highest BCUT2D eigenvalue weighted by Crippen LogP contribution is 2.43. The molecule has 0 aliphatic carbocycles. The van der Waals surface area contributed by atoms with Gasteiger partial charge in [0.25, 0.3) is 0 Å². The molecule has 8 nitrogen and oxygen atoms in total. The summed E-state index contributed by atoms with van der Waals surface area (Å²) in [4.78, 5) is 24.4. The van der Waals surface area contributed by atoms with Crippen LogP contribution in [-0.4, -0.2) is 63.8 Å². The fourth-order valence-electron chi connectivity index (χ4n) is 4.73. The number of fused-ring (bicyclic) bond motifs is 2. The van der Waals surface area contributed by atoms with E-state index in [1.807, 2.05) is 38.1 Å². The zero-order valence-electron chi connectivity index (χ0n) is 27.4. The fourth-order valence-corrected chi connectivity index (χ4v) is 4.73. The van der Waals surface area contributed by atoms with Gasteiger partial charge in [0.2, 0.25) is 0 Å². The average Bonchev–Trinajstić information content (AvgIpc) is 3.02. The molecule has 0 spiro atoms. The number of carbonyl (C=O) groups excluding carboxylic acids is 2. The summed E-state index contributed by atoms with van der Waals surface area (Å²) in [5, 5.41) is 3.50. The van der Waals surface area contributed by atoms with E-state index in [4.69, 9.17) is 28.4 Å². The summed E-state index contributed by atoms with van der Waals surface area (Å²) in [5.41, 5.74) is 2.13. The molecule has 0 radical (unpaired) electrons. The first-order chi connectivity index (χ1) is 21.3. The third-order valence-electron chi connectivity index (χ3n) is 7.22. The van der Waals surface area contributed by atoms with Crippen molar-refractivity contribution < 1.29 is 38.0 Å². The Balaban J connectivity index is 1.98. The van der Waals surface area contributed by atoms with Gasteiger partial charge >= 0.3 is 11.9 Å². The Labute approximate surface area is 262 Å². The van der Waals surface area contributed by atoms with Gasteiger partial charge in [-0.15, -0.1) is 0 Å². The van der Waals surface area contributed by atoms with Crippen LogP contribution in [0.4, 0.5) is 0 Å². The van der Waals surface area contributed by atoms with Crippen LogP contribution < -0.4 is 9.47 Å². The summed E-state index contributed by atoms with van der Waals surface area (Å²) in [6, 6.07) is 12.3. The normalized spacial score (nSPS) is 12.7. The number of benzene rings is 3. The van der Waals surface area contributed by atoms with Crippen molar-refractivity contribution >= 4 is 33.5 Å². The second-order valence-electron chi connectivity index (χ2n) is 11.2. The maximum absolute atomic E-state index is 12.2. The molecule has 0 saturated heterocycles. The van der Waals surface area contributed by atoms with Gasteiger partial charge in [-0.1, -0.05) is 75.9 Å². The quantitative estimate of drug-likeness (QED) is 0.0732. The van der Waals surface area contributed by atoms with Gasteiger partial charge in [0.15, 0.2) is 12.2 Å². The lowest BCUT2D eigenvalue weighted by atomic mass is 9.97. The van der Waals surface area contributed by atoms with E-state index >= 15 is 0 Å². The van der Waals surface area contributed by atoms with E-state index in [0.717, 1.165) is 58.4 Å². The largest absolute Gasteiger partial charge is 0.488 e. The van der Waals surface area contributed by atoms with E-state index in [1.165, 1.54) is 0 Å². The number of ether oxygens (including phenoxy) is 6. The van der Waals surface area contributed by atoms with Gasteiger partial charge in [-0.3, -0.25) is 9.59 Å². The van der Waals surface area contributed by atoms with Crippen LogP contribution in [0.1, 0.15) is 77.3 Å². The van der Waals surface area contributed by atoms with Crippen molar-refractivity contribution in [3.63, 3.8) is 0 Å². The van der Waals surface area contributed by atoms with E-state index in [1.54, 1.807) is 13.8 Å². The first-order valence-corrected chi connectivity index (χ1v) is 16.1. The minimum atomic E-state index is -0.544. The zero-order valence-corrected chi connectivity index (χ0v) is 27.4. The Bertz CT molecular complexity index is 1250. The number of carbonyl (C=O) groups is 2. The minimum Gasteiger partial charge on any atom is -0.488 e. The second kappa shape index (κ2) is 18.4. The Hall–Kier alpha value is -3.36. The first-order valence-electron chi connectivity index (χ1n) is 16.1. The molecule has 3 aromatic carbocycles. The van der Waals surface area contributed by atoms with Gasteiger partial charge in [0, 0.05) is 47.6 Å². The van der Waals surface area contributed by atoms with Crippen LogP contribution in [0.15, 0.2) is 36.4 Å². The molecule has 0 bridgehead atoms. The van der Waals surface area contributed by atoms with Crippen LogP contribution in [0.2, 0.25) is 0 Å². The van der Waals surface area contributed by atoms with Crippen LogP contribution in [0.5, 0.6) is 11.5 Å². The lowest BCUT2D eigenvalue weighted by Crippen LogP contribution is -2.30. The van der Waals surface area contributed by atoms with E-state index in [2.05, 4.69) is 26.0 Å². The molecule has 8 heteroatoms. The monoisotopic (exact) mass is 610 g/mol. The molecule has 0 aliphatic rings.